The Labute approximate surface area is 154 Å². The van der Waals surface area contributed by atoms with E-state index in [0.29, 0.717) is 11.8 Å². The van der Waals surface area contributed by atoms with E-state index in [0.717, 1.165) is 24.3 Å². The topological polar surface area (TPSA) is 53.6 Å². The van der Waals surface area contributed by atoms with Crippen molar-refractivity contribution in [3.8, 4) is 0 Å². The van der Waals surface area contributed by atoms with Crippen LogP contribution in [0.2, 0.25) is 0 Å². The lowest BCUT2D eigenvalue weighted by Gasteiger charge is -2.19. The summed E-state index contributed by atoms with van der Waals surface area (Å²) in [7, 11) is 2.18. The first-order valence-corrected chi connectivity index (χ1v) is 9.23. The first kappa shape index (κ1) is 16.9. The number of rotatable bonds is 4. The first-order chi connectivity index (χ1) is 12.7. The first-order valence-electron chi connectivity index (χ1n) is 9.23. The average Bonchev–Trinajstić information content (AvgIpc) is 3.26. The second-order valence-electron chi connectivity index (χ2n) is 7.29. The van der Waals surface area contributed by atoms with Crippen LogP contribution in [0.3, 0.4) is 0 Å². The van der Waals surface area contributed by atoms with Gasteiger partial charge in [-0.25, -0.2) is 4.79 Å². The maximum atomic E-state index is 12.1. The highest BCUT2D eigenvalue weighted by Gasteiger charge is 2.33. The zero-order valence-electron chi connectivity index (χ0n) is 15.1. The Morgan fingerprint density at radius 3 is 2.88 bits per heavy atom. The minimum Gasteiger partial charge on any atom is -0.444 e. The number of fused-ring (bicyclic) bond motifs is 1. The highest BCUT2D eigenvalue weighted by molar-refractivity contribution is 5.85. The number of carbonyl (C=O) groups excluding carboxylic acids is 1. The lowest BCUT2D eigenvalue weighted by molar-refractivity contribution is 0.155. The monoisotopic (exact) mass is 351 g/mol. The normalized spacial score (nSPS) is 21.9. The third-order valence-corrected chi connectivity index (χ3v) is 5.42. The molecule has 0 radical (unpaired) electrons. The molecule has 5 nitrogen and oxygen atoms in total. The van der Waals surface area contributed by atoms with Crippen LogP contribution in [0.4, 0.5) is 16.2 Å². The zero-order valence-corrected chi connectivity index (χ0v) is 15.1. The summed E-state index contributed by atoms with van der Waals surface area (Å²) in [6.45, 7) is 3.56. The standard InChI is InChI=1S/C21H25N3O2/c1-24-10-9-16(13-24)19-12-22-20-8-7-17(11-18(19)20)23-21(25)26-14-15-5-3-2-4-6-15/h2-8,11,16,19,22H,9-10,12-14H2,1H3,(H,23,25). The van der Waals surface area contributed by atoms with Crippen LogP contribution in [0.1, 0.15) is 23.5 Å². The number of benzene rings is 2. The van der Waals surface area contributed by atoms with Crippen molar-refractivity contribution in [3.63, 3.8) is 0 Å². The molecule has 5 heteroatoms. The molecule has 0 aliphatic carbocycles. The molecule has 0 saturated carbocycles. The summed E-state index contributed by atoms with van der Waals surface area (Å²) in [5, 5.41) is 6.37. The molecule has 136 valence electrons. The second kappa shape index (κ2) is 7.38. The predicted molar refractivity (Wildman–Crippen MR) is 104 cm³/mol. The van der Waals surface area contributed by atoms with Gasteiger partial charge >= 0.3 is 6.09 Å². The molecule has 2 unspecified atom stereocenters. The third-order valence-electron chi connectivity index (χ3n) is 5.42. The number of nitrogens with zero attached hydrogens (tertiary/aromatic N) is 1. The van der Waals surface area contributed by atoms with E-state index < -0.39 is 6.09 Å². The maximum Gasteiger partial charge on any atom is 0.411 e. The Morgan fingerprint density at radius 2 is 2.12 bits per heavy atom. The van der Waals surface area contributed by atoms with Crippen LogP contribution in [-0.4, -0.2) is 37.7 Å². The number of likely N-dealkylation sites (tertiary alicyclic amines) is 1. The van der Waals surface area contributed by atoms with Crippen molar-refractivity contribution in [3.05, 3.63) is 59.7 Å². The van der Waals surface area contributed by atoms with Gasteiger partial charge < -0.3 is 15.0 Å². The Kier molecular flexibility index (Phi) is 4.80. The molecule has 1 amide bonds. The van der Waals surface area contributed by atoms with Gasteiger partial charge in [-0.2, -0.15) is 0 Å². The molecule has 26 heavy (non-hydrogen) atoms. The molecule has 1 fully saturated rings. The highest BCUT2D eigenvalue weighted by Crippen LogP contribution is 2.41. The maximum absolute atomic E-state index is 12.1. The Morgan fingerprint density at radius 1 is 1.27 bits per heavy atom. The number of hydrogen-bond acceptors (Lipinski definition) is 4. The minimum atomic E-state index is -0.420. The lowest BCUT2D eigenvalue weighted by Crippen LogP contribution is -2.19. The van der Waals surface area contributed by atoms with Crippen LogP contribution in [0.5, 0.6) is 0 Å². The van der Waals surface area contributed by atoms with Gasteiger partial charge in [-0.1, -0.05) is 30.3 Å². The number of amides is 1. The largest absolute Gasteiger partial charge is 0.444 e. The fraction of sp³-hybridized carbons (Fsp3) is 0.381. The predicted octanol–water partition coefficient (Wildman–Crippen LogP) is 3.90. The van der Waals surface area contributed by atoms with Crippen LogP contribution in [0.15, 0.2) is 48.5 Å². The van der Waals surface area contributed by atoms with Crippen LogP contribution in [-0.2, 0) is 11.3 Å². The zero-order chi connectivity index (χ0) is 17.9. The van der Waals surface area contributed by atoms with Crippen molar-refractivity contribution >= 4 is 17.5 Å². The van der Waals surface area contributed by atoms with Crippen molar-refractivity contribution < 1.29 is 9.53 Å². The van der Waals surface area contributed by atoms with Gasteiger partial charge in [-0.05, 0) is 55.3 Å². The molecule has 2 N–H and O–H groups in total. The number of anilines is 2. The summed E-state index contributed by atoms with van der Waals surface area (Å²) in [5.74, 6) is 1.19. The SMILES string of the molecule is CN1CCC(C2CNc3ccc(NC(=O)OCc4ccccc4)cc32)C1. The second-order valence-corrected chi connectivity index (χ2v) is 7.29. The molecule has 2 aliphatic rings. The van der Waals surface area contributed by atoms with Gasteiger partial charge in [0.2, 0.25) is 0 Å². The summed E-state index contributed by atoms with van der Waals surface area (Å²) in [4.78, 5) is 14.5. The van der Waals surface area contributed by atoms with E-state index in [-0.39, 0.29) is 6.61 Å². The van der Waals surface area contributed by atoms with E-state index in [9.17, 15) is 4.79 Å². The molecule has 1 saturated heterocycles. The summed E-state index contributed by atoms with van der Waals surface area (Å²) >= 11 is 0. The van der Waals surface area contributed by atoms with Gasteiger partial charge in [0, 0.05) is 30.4 Å². The fourth-order valence-corrected chi connectivity index (χ4v) is 4.03. The Hall–Kier alpha value is -2.53. The van der Waals surface area contributed by atoms with E-state index in [1.807, 2.05) is 36.4 Å². The van der Waals surface area contributed by atoms with Crippen molar-refractivity contribution in [2.24, 2.45) is 5.92 Å². The van der Waals surface area contributed by atoms with Crippen molar-refractivity contribution in [2.45, 2.75) is 18.9 Å². The molecule has 0 spiro atoms. The number of ether oxygens (including phenoxy) is 1. The number of carbonyl (C=O) groups is 1. The number of hydrogen-bond donors (Lipinski definition) is 2. The molecular weight excluding hydrogens is 326 g/mol. The van der Waals surface area contributed by atoms with E-state index in [1.54, 1.807) is 0 Å². The molecule has 2 heterocycles. The van der Waals surface area contributed by atoms with E-state index in [1.165, 1.54) is 24.2 Å². The van der Waals surface area contributed by atoms with Crippen LogP contribution < -0.4 is 10.6 Å². The van der Waals surface area contributed by atoms with E-state index in [2.05, 4.69) is 34.7 Å². The smallest absolute Gasteiger partial charge is 0.411 e. The molecule has 2 aliphatic heterocycles. The molecule has 2 aromatic rings. The summed E-state index contributed by atoms with van der Waals surface area (Å²) in [6.07, 6.45) is 0.816. The highest BCUT2D eigenvalue weighted by atomic mass is 16.5. The van der Waals surface area contributed by atoms with Gasteiger partial charge in [-0.3, -0.25) is 5.32 Å². The van der Waals surface area contributed by atoms with Gasteiger partial charge in [0.15, 0.2) is 0 Å². The molecule has 0 bridgehead atoms. The van der Waals surface area contributed by atoms with Gasteiger partial charge in [0.1, 0.15) is 6.61 Å². The van der Waals surface area contributed by atoms with Gasteiger partial charge in [0.25, 0.3) is 0 Å². The van der Waals surface area contributed by atoms with Gasteiger partial charge in [-0.15, -0.1) is 0 Å². The Balaban J connectivity index is 1.40. The van der Waals surface area contributed by atoms with E-state index in [4.69, 9.17) is 4.74 Å². The van der Waals surface area contributed by atoms with Crippen LogP contribution >= 0.6 is 0 Å². The van der Waals surface area contributed by atoms with Gasteiger partial charge in [0.05, 0.1) is 0 Å². The van der Waals surface area contributed by atoms with E-state index >= 15 is 0 Å². The van der Waals surface area contributed by atoms with Crippen molar-refractivity contribution in [1.82, 2.24) is 4.90 Å². The average molecular weight is 351 g/mol. The molecule has 2 aromatic carbocycles. The molecule has 0 aromatic heterocycles. The minimum absolute atomic E-state index is 0.274. The Bertz CT molecular complexity index is 778. The number of nitrogens with one attached hydrogen (secondary N) is 2. The van der Waals surface area contributed by atoms with Crippen molar-refractivity contribution in [2.75, 3.05) is 37.3 Å². The lowest BCUT2D eigenvalue weighted by atomic mass is 9.87. The summed E-state index contributed by atoms with van der Waals surface area (Å²) < 4.78 is 5.32. The third kappa shape index (κ3) is 3.68. The van der Waals surface area contributed by atoms with Crippen LogP contribution in [0, 0.1) is 5.92 Å². The summed E-state index contributed by atoms with van der Waals surface area (Å²) in [6, 6.07) is 15.8. The molecular formula is C21H25N3O2. The molecule has 4 rings (SSSR count). The molecule has 2 atom stereocenters. The van der Waals surface area contributed by atoms with Crippen LogP contribution in [0.25, 0.3) is 0 Å². The summed E-state index contributed by atoms with van der Waals surface area (Å²) in [5.41, 5.74) is 4.27. The fourth-order valence-electron chi connectivity index (χ4n) is 4.03. The quantitative estimate of drug-likeness (QED) is 0.877. The van der Waals surface area contributed by atoms with Crippen molar-refractivity contribution in [1.29, 1.82) is 0 Å².